The van der Waals surface area contributed by atoms with Gasteiger partial charge in [0, 0.05) is 18.5 Å². The third-order valence-electron chi connectivity index (χ3n) is 1.99. The Bertz CT molecular complexity index is 631. The average molecular weight is 294 g/mol. The molecule has 84 valence electrons. The van der Waals surface area contributed by atoms with Crippen LogP contribution in [0.2, 0.25) is 0 Å². The quantitative estimate of drug-likeness (QED) is 0.621. The van der Waals surface area contributed by atoms with Crippen LogP contribution in [0.4, 0.5) is 5.69 Å². The van der Waals surface area contributed by atoms with Crippen LogP contribution in [0.25, 0.3) is 5.82 Å². The number of nitriles is 1. The third kappa shape index (κ3) is 2.00. The fourth-order valence-corrected chi connectivity index (χ4v) is 1.78. The number of hydrogen-bond donors (Lipinski definition) is 0. The first-order valence-corrected chi connectivity index (χ1v) is 5.16. The molecule has 0 fully saturated rings. The summed E-state index contributed by atoms with van der Waals surface area (Å²) in [7, 11) is 0. The molecule has 17 heavy (non-hydrogen) atoms. The second kappa shape index (κ2) is 4.31. The van der Waals surface area contributed by atoms with Crippen molar-refractivity contribution in [1.82, 2.24) is 14.5 Å². The van der Waals surface area contributed by atoms with Crippen LogP contribution in [0.1, 0.15) is 5.82 Å². The summed E-state index contributed by atoms with van der Waals surface area (Å²) >= 11 is 3.18. The molecule has 0 aromatic carbocycles. The first-order chi connectivity index (χ1) is 8.13. The Labute approximate surface area is 104 Å². The molecule has 0 N–H and O–H groups in total. The van der Waals surface area contributed by atoms with Crippen molar-refractivity contribution in [2.75, 3.05) is 0 Å². The zero-order valence-corrected chi connectivity index (χ0v) is 9.83. The first kappa shape index (κ1) is 11.2. The predicted octanol–water partition coefficient (Wildman–Crippen LogP) is 1.81. The van der Waals surface area contributed by atoms with E-state index in [2.05, 4.69) is 25.9 Å². The maximum absolute atomic E-state index is 10.5. The fraction of sp³-hybridized carbons (Fsp3) is 0. The van der Waals surface area contributed by atoms with E-state index < -0.39 is 4.92 Å². The third-order valence-corrected chi connectivity index (χ3v) is 2.57. The highest BCUT2D eigenvalue weighted by Gasteiger charge is 2.13. The molecule has 2 aromatic heterocycles. The number of nitrogens with zero attached hydrogens (tertiary/aromatic N) is 5. The molecule has 0 aliphatic rings. The largest absolute Gasteiger partial charge is 0.288 e. The molecule has 8 heteroatoms. The van der Waals surface area contributed by atoms with Gasteiger partial charge < -0.3 is 0 Å². The molecular weight excluding hydrogens is 290 g/mol. The van der Waals surface area contributed by atoms with Gasteiger partial charge in [-0.05, 0) is 15.9 Å². The lowest BCUT2D eigenvalue weighted by atomic mass is 10.4. The highest BCUT2D eigenvalue weighted by atomic mass is 79.9. The minimum absolute atomic E-state index is 0.126. The van der Waals surface area contributed by atoms with E-state index in [1.165, 1.54) is 16.8 Å². The van der Waals surface area contributed by atoms with E-state index in [1.54, 1.807) is 6.20 Å². The van der Waals surface area contributed by atoms with Gasteiger partial charge in [0.1, 0.15) is 12.3 Å². The number of rotatable bonds is 2. The topological polar surface area (TPSA) is 97.6 Å². The molecule has 0 amide bonds. The molecule has 0 bridgehead atoms. The van der Waals surface area contributed by atoms with E-state index >= 15 is 0 Å². The van der Waals surface area contributed by atoms with Gasteiger partial charge >= 0.3 is 0 Å². The van der Waals surface area contributed by atoms with Gasteiger partial charge in [-0.2, -0.15) is 5.26 Å². The lowest BCUT2D eigenvalue weighted by Gasteiger charge is -2.04. The summed E-state index contributed by atoms with van der Waals surface area (Å²) in [5.41, 5.74) is -0.126. The van der Waals surface area contributed by atoms with Crippen LogP contribution in [0, 0.1) is 21.4 Å². The van der Waals surface area contributed by atoms with Crippen molar-refractivity contribution >= 4 is 21.6 Å². The van der Waals surface area contributed by atoms with Gasteiger partial charge in [-0.15, -0.1) is 0 Å². The number of halogens is 1. The fourth-order valence-electron chi connectivity index (χ4n) is 1.25. The van der Waals surface area contributed by atoms with Crippen molar-refractivity contribution in [3.8, 4) is 11.9 Å². The smallest absolute Gasteiger partial charge is 0.274 e. The van der Waals surface area contributed by atoms with Crippen molar-refractivity contribution in [1.29, 1.82) is 5.26 Å². The Kier molecular flexibility index (Phi) is 2.84. The van der Waals surface area contributed by atoms with Crippen LogP contribution >= 0.6 is 15.9 Å². The van der Waals surface area contributed by atoms with E-state index in [1.807, 2.05) is 6.07 Å². The molecule has 0 saturated carbocycles. The van der Waals surface area contributed by atoms with Gasteiger partial charge in [0.05, 0.1) is 9.40 Å². The van der Waals surface area contributed by atoms with Gasteiger partial charge in [0.15, 0.2) is 5.82 Å². The summed E-state index contributed by atoms with van der Waals surface area (Å²) in [5, 5.41) is 19.4. The highest BCUT2D eigenvalue weighted by Crippen LogP contribution is 2.24. The SMILES string of the molecule is N#Cc1nccn1-c1ncc([N+](=O)[O-])cc1Br. The first-order valence-electron chi connectivity index (χ1n) is 4.37. The van der Waals surface area contributed by atoms with Crippen molar-refractivity contribution in [2.45, 2.75) is 0 Å². The van der Waals surface area contributed by atoms with Crippen LogP contribution in [-0.2, 0) is 0 Å². The van der Waals surface area contributed by atoms with Gasteiger partial charge in [-0.25, -0.2) is 9.97 Å². The molecule has 0 saturated heterocycles. The van der Waals surface area contributed by atoms with E-state index in [0.29, 0.717) is 10.3 Å². The lowest BCUT2D eigenvalue weighted by molar-refractivity contribution is -0.385. The molecule has 0 aliphatic heterocycles. The average Bonchev–Trinajstić information content (AvgIpc) is 2.76. The number of aromatic nitrogens is 3. The predicted molar refractivity (Wildman–Crippen MR) is 60.4 cm³/mol. The van der Waals surface area contributed by atoms with E-state index in [-0.39, 0.29) is 11.5 Å². The number of hydrogen-bond acceptors (Lipinski definition) is 5. The summed E-state index contributed by atoms with van der Waals surface area (Å²) < 4.78 is 1.86. The maximum atomic E-state index is 10.5. The molecular formula is C9H4BrN5O2. The second-order valence-corrected chi connectivity index (χ2v) is 3.84. The van der Waals surface area contributed by atoms with Crippen molar-refractivity contribution in [2.24, 2.45) is 0 Å². The summed E-state index contributed by atoms with van der Waals surface area (Å²) in [5.74, 6) is 0.539. The Balaban J connectivity index is 2.55. The molecule has 0 unspecified atom stereocenters. The van der Waals surface area contributed by atoms with E-state index in [4.69, 9.17) is 5.26 Å². The Hall–Kier alpha value is -2.27. The Morgan fingerprint density at radius 2 is 2.29 bits per heavy atom. The van der Waals surface area contributed by atoms with E-state index in [0.717, 1.165) is 6.20 Å². The summed E-state index contributed by atoms with van der Waals surface area (Å²) in [6, 6.07) is 3.22. The molecule has 0 radical (unpaired) electrons. The van der Waals surface area contributed by atoms with E-state index in [9.17, 15) is 10.1 Å². The normalized spacial score (nSPS) is 9.88. The van der Waals surface area contributed by atoms with Crippen LogP contribution in [0.15, 0.2) is 29.1 Å². The molecule has 2 heterocycles. The van der Waals surface area contributed by atoms with Crippen molar-refractivity contribution < 1.29 is 4.92 Å². The zero-order valence-electron chi connectivity index (χ0n) is 8.24. The van der Waals surface area contributed by atoms with Crippen molar-refractivity contribution in [3.05, 3.63) is 45.1 Å². The molecule has 0 spiro atoms. The van der Waals surface area contributed by atoms with Gasteiger partial charge in [-0.1, -0.05) is 0 Å². The summed E-state index contributed by atoms with van der Waals surface area (Å²) in [4.78, 5) is 17.8. The molecule has 7 nitrogen and oxygen atoms in total. The van der Waals surface area contributed by atoms with Crippen LogP contribution < -0.4 is 0 Å². The second-order valence-electron chi connectivity index (χ2n) is 2.99. The van der Waals surface area contributed by atoms with Gasteiger partial charge in [-0.3, -0.25) is 14.7 Å². The molecule has 2 rings (SSSR count). The van der Waals surface area contributed by atoms with Crippen LogP contribution in [-0.4, -0.2) is 19.5 Å². The number of nitro groups is 1. The highest BCUT2D eigenvalue weighted by molar-refractivity contribution is 9.10. The molecule has 2 aromatic rings. The minimum Gasteiger partial charge on any atom is -0.274 e. The van der Waals surface area contributed by atoms with Gasteiger partial charge in [0.2, 0.25) is 5.82 Å². The Morgan fingerprint density at radius 3 is 2.88 bits per heavy atom. The van der Waals surface area contributed by atoms with Crippen molar-refractivity contribution in [3.63, 3.8) is 0 Å². The lowest BCUT2D eigenvalue weighted by Crippen LogP contribution is -2.01. The summed E-state index contributed by atoms with van der Waals surface area (Å²) in [6.07, 6.45) is 4.13. The molecule has 0 aliphatic carbocycles. The number of imidazole rings is 1. The summed E-state index contributed by atoms with van der Waals surface area (Å²) in [6.45, 7) is 0. The van der Waals surface area contributed by atoms with Gasteiger partial charge in [0.25, 0.3) is 5.69 Å². The number of pyridine rings is 1. The standard InChI is InChI=1S/C9H4BrN5O2/c10-7-3-6(15(16)17)5-13-9(7)14-2-1-12-8(14)4-11/h1-3,5H. The Morgan fingerprint density at radius 1 is 1.53 bits per heavy atom. The zero-order chi connectivity index (χ0) is 12.4. The minimum atomic E-state index is -0.541. The van der Waals surface area contributed by atoms with Crippen LogP contribution in [0.5, 0.6) is 0 Å². The monoisotopic (exact) mass is 293 g/mol. The maximum Gasteiger partial charge on any atom is 0.288 e. The molecule has 0 atom stereocenters. The van der Waals surface area contributed by atoms with Crippen LogP contribution in [0.3, 0.4) is 0 Å².